The average Bonchev–Trinajstić information content (AvgIpc) is 3.29. The van der Waals surface area contributed by atoms with Gasteiger partial charge in [0.05, 0.1) is 44.6 Å². The van der Waals surface area contributed by atoms with E-state index < -0.39 is 0 Å². The molecular weight excluding hydrogens is 637 g/mol. The topological polar surface area (TPSA) is 15.3 Å². The van der Waals surface area contributed by atoms with Crippen molar-refractivity contribution in [1.82, 2.24) is 4.57 Å². The highest BCUT2D eigenvalue weighted by atomic mass is 127. The summed E-state index contributed by atoms with van der Waals surface area (Å²) >= 11 is 25.5. The third-order valence-corrected chi connectivity index (χ3v) is 8.20. The first-order chi connectivity index (χ1) is 16.4. The van der Waals surface area contributed by atoms with Crippen molar-refractivity contribution in [2.24, 2.45) is 0 Å². The number of benzene rings is 2. The molecule has 3 aromatic rings. The summed E-state index contributed by atoms with van der Waals surface area (Å²) in [7, 11) is 0. The van der Waals surface area contributed by atoms with Gasteiger partial charge in [0.1, 0.15) is 5.82 Å². The van der Waals surface area contributed by atoms with E-state index in [2.05, 4.69) is 51.9 Å². The molecule has 186 valence electrons. The standard InChI is InChI=1S/C26H27Cl4N4.HI/c1-4-31-21-12-17(27)18(28)13-22(21)32(5-2)25(31)10-9-16-8-7-11-34-24-15-20(30)19(29)14-23(24)33(6-3)26(16)34;/h9-10,12-15H,4-8,11H2,1-3H3;1H/q+1;/p-1. The second-order valence-corrected chi connectivity index (χ2v) is 10.2. The maximum Gasteiger partial charge on any atom is 0.285 e. The first kappa shape index (κ1) is 26.9. The maximum atomic E-state index is 6.39. The van der Waals surface area contributed by atoms with E-state index in [1.54, 1.807) is 0 Å². The summed E-state index contributed by atoms with van der Waals surface area (Å²) in [5.74, 6) is 2.36. The second kappa shape index (κ2) is 10.7. The number of aryl methyl sites for hydroxylation is 2. The minimum absolute atomic E-state index is 0. The molecule has 0 atom stereocenters. The van der Waals surface area contributed by atoms with Crippen LogP contribution in [0, 0.1) is 0 Å². The first-order valence-corrected chi connectivity index (χ1v) is 13.3. The average molecular weight is 664 g/mol. The minimum atomic E-state index is 0. The Kier molecular flexibility index (Phi) is 8.23. The van der Waals surface area contributed by atoms with E-state index in [0.29, 0.717) is 20.1 Å². The summed E-state index contributed by atoms with van der Waals surface area (Å²) in [5, 5.41) is 2.33. The number of anilines is 2. The lowest BCUT2D eigenvalue weighted by Crippen LogP contribution is -3.00. The predicted octanol–water partition coefficient (Wildman–Crippen LogP) is 4.95. The molecule has 0 aliphatic carbocycles. The van der Waals surface area contributed by atoms with Crippen LogP contribution in [0.15, 0.2) is 42.2 Å². The van der Waals surface area contributed by atoms with Crippen molar-refractivity contribution in [3.05, 3.63) is 68.2 Å². The SMILES string of the molecule is CCN1C(=CC=C2CCCn3c2[n+](CC)c2cc(Cl)c(Cl)cc23)N(CC)c2cc(Cl)c(Cl)cc21.[I-]. The lowest BCUT2D eigenvalue weighted by molar-refractivity contribution is -0.671. The van der Waals surface area contributed by atoms with Crippen LogP contribution >= 0.6 is 46.4 Å². The Morgan fingerprint density at radius 3 is 1.97 bits per heavy atom. The number of fused-ring (bicyclic) bond motifs is 4. The summed E-state index contributed by atoms with van der Waals surface area (Å²) in [4.78, 5) is 4.59. The van der Waals surface area contributed by atoms with Gasteiger partial charge in [-0.25, -0.2) is 9.13 Å². The molecule has 1 aromatic heterocycles. The van der Waals surface area contributed by atoms with Crippen molar-refractivity contribution in [2.45, 2.75) is 46.7 Å². The Morgan fingerprint density at radius 2 is 1.40 bits per heavy atom. The van der Waals surface area contributed by atoms with Crippen molar-refractivity contribution >= 4 is 74.4 Å². The molecule has 0 saturated heterocycles. The van der Waals surface area contributed by atoms with Crippen LogP contribution in [-0.4, -0.2) is 17.7 Å². The quantitative estimate of drug-likeness (QED) is 0.290. The molecule has 35 heavy (non-hydrogen) atoms. The molecule has 0 unspecified atom stereocenters. The van der Waals surface area contributed by atoms with Crippen molar-refractivity contribution < 1.29 is 28.5 Å². The van der Waals surface area contributed by atoms with Gasteiger partial charge < -0.3 is 33.8 Å². The summed E-state index contributed by atoms with van der Waals surface area (Å²) in [6.45, 7) is 9.98. The number of allylic oxidation sites excluding steroid dienone is 3. The molecule has 0 fully saturated rings. The number of hydrogen-bond donors (Lipinski definition) is 0. The Hall–Kier alpha value is -1.12. The van der Waals surface area contributed by atoms with Crippen LogP contribution in [0.3, 0.4) is 0 Å². The molecular formula is C26H27Cl4IN4. The monoisotopic (exact) mass is 662 g/mol. The fourth-order valence-electron chi connectivity index (χ4n) is 5.29. The van der Waals surface area contributed by atoms with E-state index in [0.717, 1.165) is 67.2 Å². The van der Waals surface area contributed by atoms with Crippen LogP contribution in [0.25, 0.3) is 16.6 Å². The van der Waals surface area contributed by atoms with Gasteiger partial charge in [-0.1, -0.05) is 46.4 Å². The molecule has 9 heteroatoms. The molecule has 3 heterocycles. The van der Waals surface area contributed by atoms with Crippen molar-refractivity contribution in [1.29, 1.82) is 0 Å². The van der Waals surface area contributed by atoms with Gasteiger partial charge in [-0.2, -0.15) is 0 Å². The van der Waals surface area contributed by atoms with Crippen LogP contribution in [0.5, 0.6) is 0 Å². The van der Waals surface area contributed by atoms with Crippen LogP contribution in [0.4, 0.5) is 11.4 Å². The highest BCUT2D eigenvalue weighted by Gasteiger charge is 2.33. The highest BCUT2D eigenvalue weighted by molar-refractivity contribution is 6.43. The third kappa shape index (κ3) is 4.46. The van der Waals surface area contributed by atoms with Gasteiger partial charge in [0.2, 0.25) is 0 Å². The highest BCUT2D eigenvalue weighted by Crippen LogP contribution is 2.45. The summed E-state index contributed by atoms with van der Waals surface area (Å²) in [5.41, 5.74) is 5.74. The van der Waals surface area contributed by atoms with Gasteiger partial charge in [-0.3, -0.25) is 0 Å². The number of rotatable bonds is 4. The largest absolute Gasteiger partial charge is 1.00 e. The zero-order valence-electron chi connectivity index (χ0n) is 19.9. The molecule has 4 nitrogen and oxygen atoms in total. The van der Waals surface area contributed by atoms with Gasteiger partial charge in [0, 0.05) is 30.8 Å². The Labute approximate surface area is 243 Å². The number of halogens is 5. The number of aromatic nitrogens is 2. The second-order valence-electron chi connectivity index (χ2n) is 8.54. The Morgan fingerprint density at radius 1 is 0.829 bits per heavy atom. The van der Waals surface area contributed by atoms with E-state index >= 15 is 0 Å². The fourth-order valence-corrected chi connectivity index (χ4v) is 5.92. The first-order valence-electron chi connectivity index (χ1n) is 11.8. The Bertz CT molecular complexity index is 1280. The molecule has 0 N–H and O–H groups in total. The lowest BCUT2D eigenvalue weighted by atomic mass is 10.0. The van der Waals surface area contributed by atoms with E-state index in [-0.39, 0.29) is 24.0 Å². The van der Waals surface area contributed by atoms with Crippen molar-refractivity contribution in [2.75, 3.05) is 22.9 Å². The molecule has 0 bridgehead atoms. The number of imidazole rings is 1. The number of hydrogen-bond acceptors (Lipinski definition) is 2. The minimum Gasteiger partial charge on any atom is -1.00 e. The predicted molar refractivity (Wildman–Crippen MR) is 146 cm³/mol. The van der Waals surface area contributed by atoms with Gasteiger partial charge in [-0.05, 0) is 57.9 Å². The van der Waals surface area contributed by atoms with E-state index in [4.69, 9.17) is 46.4 Å². The van der Waals surface area contributed by atoms with Gasteiger partial charge in [0.25, 0.3) is 5.82 Å². The van der Waals surface area contributed by atoms with Crippen LogP contribution in [-0.2, 0) is 13.1 Å². The summed E-state index contributed by atoms with van der Waals surface area (Å²) in [6, 6.07) is 7.92. The molecule has 2 aliphatic heterocycles. The lowest BCUT2D eigenvalue weighted by Gasteiger charge is -2.23. The van der Waals surface area contributed by atoms with Crippen LogP contribution in [0.1, 0.15) is 39.4 Å². The zero-order chi connectivity index (χ0) is 24.1. The molecule has 0 radical (unpaired) electrons. The maximum absolute atomic E-state index is 6.39. The third-order valence-electron chi connectivity index (χ3n) is 6.76. The van der Waals surface area contributed by atoms with Crippen molar-refractivity contribution in [3.63, 3.8) is 0 Å². The molecule has 0 saturated carbocycles. The normalized spacial score (nSPS) is 16.1. The Balaban J connectivity index is 0.00000289. The molecule has 2 aromatic carbocycles. The summed E-state index contributed by atoms with van der Waals surface area (Å²) < 4.78 is 4.73. The molecule has 2 aliphatic rings. The van der Waals surface area contributed by atoms with Crippen LogP contribution < -0.4 is 38.3 Å². The van der Waals surface area contributed by atoms with Gasteiger partial charge >= 0.3 is 0 Å². The van der Waals surface area contributed by atoms with Gasteiger partial charge in [-0.15, -0.1) is 0 Å². The molecule has 0 spiro atoms. The van der Waals surface area contributed by atoms with Gasteiger partial charge in [0.15, 0.2) is 11.0 Å². The molecule has 5 rings (SSSR count). The molecule has 0 amide bonds. The van der Waals surface area contributed by atoms with Crippen molar-refractivity contribution in [3.8, 4) is 0 Å². The zero-order valence-corrected chi connectivity index (χ0v) is 25.1. The summed E-state index contributed by atoms with van der Waals surface area (Å²) in [6.07, 6.45) is 6.60. The van der Waals surface area contributed by atoms with E-state index in [9.17, 15) is 0 Å². The van der Waals surface area contributed by atoms with Crippen LogP contribution in [0.2, 0.25) is 20.1 Å². The van der Waals surface area contributed by atoms with E-state index in [1.807, 2.05) is 24.3 Å². The fraction of sp³-hybridized carbons (Fsp3) is 0.346. The number of nitrogens with zero attached hydrogens (tertiary/aromatic N) is 4. The smallest absolute Gasteiger partial charge is 0.285 e. The van der Waals surface area contributed by atoms with E-state index in [1.165, 1.54) is 11.4 Å².